The lowest BCUT2D eigenvalue weighted by Crippen LogP contribution is -2.58. The molecule has 1 aromatic carbocycles. The number of nitrogens with one attached hydrogen (secondary N) is 1. The van der Waals surface area contributed by atoms with Crippen LogP contribution in [0.15, 0.2) is 24.3 Å². The fourth-order valence-electron chi connectivity index (χ4n) is 3.40. The third-order valence-corrected chi connectivity index (χ3v) is 4.84. The summed E-state index contributed by atoms with van der Waals surface area (Å²) < 4.78 is 6.02. The van der Waals surface area contributed by atoms with E-state index >= 15 is 0 Å². The summed E-state index contributed by atoms with van der Waals surface area (Å²) in [5.41, 5.74) is 0.780. The van der Waals surface area contributed by atoms with Gasteiger partial charge < -0.3 is 20.1 Å². The average Bonchev–Trinajstić information content (AvgIpc) is 2.55. The third-order valence-electron chi connectivity index (χ3n) is 4.84. The molecule has 2 aliphatic heterocycles. The van der Waals surface area contributed by atoms with Gasteiger partial charge >= 0.3 is 0 Å². The lowest BCUT2D eigenvalue weighted by molar-refractivity contribution is -0.156. The van der Waals surface area contributed by atoms with Crippen LogP contribution in [0.1, 0.15) is 31.2 Å². The Balaban J connectivity index is 1.69. The van der Waals surface area contributed by atoms with E-state index in [9.17, 15) is 9.90 Å². The normalized spacial score (nSPS) is 22.5. The van der Waals surface area contributed by atoms with Gasteiger partial charge in [-0.2, -0.15) is 0 Å². The van der Waals surface area contributed by atoms with Crippen LogP contribution in [0.3, 0.4) is 0 Å². The zero-order valence-corrected chi connectivity index (χ0v) is 13.0. The van der Waals surface area contributed by atoms with E-state index in [2.05, 4.69) is 5.32 Å². The van der Waals surface area contributed by atoms with E-state index in [1.54, 1.807) is 12.1 Å². The molecule has 2 heterocycles. The van der Waals surface area contributed by atoms with Crippen molar-refractivity contribution in [1.29, 1.82) is 0 Å². The molecule has 120 valence electrons. The molecule has 1 aromatic rings. The quantitative estimate of drug-likeness (QED) is 0.869. The Bertz CT molecular complexity index is 518. The molecule has 22 heavy (non-hydrogen) atoms. The van der Waals surface area contributed by atoms with Gasteiger partial charge in [-0.3, -0.25) is 4.79 Å². The fourth-order valence-corrected chi connectivity index (χ4v) is 3.40. The molecule has 0 bridgehead atoms. The van der Waals surface area contributed by atoms with Gasteiger partial charge in [0.15, 0.2) is 0 Å². The Labute approximate surface area is 131 Å². The molecular weight excluding hydrogens is 280 g/mol. The zero-order valence-electron chi connectivity index (χ0n) is 13.0. The van der Waals surface area contributed by atoms with Crippen molar-refractivity contribution < 1.29 is 14.6 Å². The minimum atomic E-state index is -0.197. The van der Waals surface area contributed by atoms with E-state index in [0.29, 0.717) is 19.7 Å². The molecule has 1 atom stereocenters. The van der Waals surface area contributed by atoms with E-state index in [0.717, 1.165) is 31.5 Å². The van der Waals surface area contributed by atoms with Crippen LogP contribution in [0.5, 0.6) is 5.75 Å². The largest absolute Gasteiger partial charge is 0.508 e. The molecule has 0 aromatic heterocycles. The minimum Gasteiger partial charge on any atom is -0.508 e. The summed E-state index contributed by atoms with van der Waals surface area (Å²) in [5.74, 6) is 0.174. The van der Waals surface area contributed by atoms with Gasteiger partial charge in [-0.05, 0) is 50.6 Å². The Kier molecular flexibility index (Phi) is 4.36. The predicted octanol–water partition coefficient (Wildman–Crippen LogP) is 1.48. The van der Waals surface area contributed by atoms with Gasteiger partial charge in [0.05, 0.1) is 18.1 Å². The molecule has 2 N–H and O–H groups in total. The van der Waals surface area contributed by atoms with Crippen molar-refractivity contribution in [2.75, 3.05) is 32.8 Å². The molecule has 3 rings (SSSR count). The van der Waals surface area contributed by atoms with Crippen molar-refractivity contribution in [2.45, 2.75) is 31.3 Å². The van der Waals surface area contributed by atoms with Gasteiger partial charge in [0.2, 0.25) is 5.91 Å². The monoisotopic (exact) mass is 304 g/mol. The van der Waals surface area contributed by atoms with Gasteiger partial charge in [-0.1, -0.05) is 12.1 Å². The number of phenols is 1. The maximum absolute atomic E-state index is 12.8. The maximum atomic E-state index is 12.8. The number of carbonyl (C=O) groups excluding carboxylic acids is 1. The Hall–Kier alpha value is -1.59. The first-order valence-corrected chi connectivity index (χ1v) is 8.02. The fraction of sp³-hybridized carbons (Fsp3) is 0.588. The van der Waals surface area contributed by atoms with Crippen LogP contribution in [-0.2, 0) is 9.53 Å². The number of phenolic OH excluding ortho intramolecular Hbond substituents is 1. The number of amides is 1. The third kappa shape index (κ3) is 3.10. The lowest BCUT2D eigenvalue weighted by Gasteiger charge is -2.45. The summed E-state index contributed by atoms with van der Waals surface area (Å²) in [4.78, 5) is 14.8. The topological polar surface area (TPSA) is 61.8 Å². The zero-order chi connectivity index (χ0) is 15.6. The first kappa shape index (κ1) is 15.3. The number of piperidine rings is 1. The number of morpholine rings is 1. The molecule has 1 unspecified atom stereocenters. The standard InChI is InChI=1S/C17H24N2O3/c1-13(14-2-4-15(20)5-3-14)16(21)19-10-11-22-17(12-19)6-8-18-9-7-17/h2-5,13,18,20H,6-12H2,1H3. The van der Waals surface area contributed by atoms with E-state index in [1.807, 2.05) is 24.0 Å². The SMILES string of the molecule is CC(C(=O)N1CCOC2(CCNCC2)C1)c1ccc(O)cc1. The van der Waals surface area contributed by atoms with Crippen LogP contribution in [0, 0.1) is 0 Å². The second-order valence-electron chi connectivity index (χ2n) is 6.35. The number of aromatic hydroxyl groups is 1. The summed E-state index contributed by atoms with van der Waals surface area (Å²) in [7, 11) is 0. The van der Waals surface area contributed by atoms with Crippen LogP contribution < -0.4 is 5.32 Å². The van der Waals surface area contributed by atoms with Crippen molar-refractivity contribution in [3.63, 3.8) is 0 Å². The highest BCUT2D eigenvalue weighted by Crippen LogP contribution is 2.29. The predicted molar refractivity (Wildman–Crippen MR) is 83.9 cm³/mol. The average molecular weight is 304 g/mol. The summed E-state index contributed by atoms with van der Waals surface area (Å²) in [6, 6.07) is 6.90. The number of hydrogen-bond acceptors (Lipinski definition) is 4. The number of benzene rings is 1. The van der Waals surface area contributed by atoms with Crippen LogP contribution >= 0.6 is 0 Å². The van der Waals surface area contributed by atoms with Crippen molar-refractivity contribution in [1.82, 2.24) is 10.2 Å². The van der Waals surface area contributed by atoms with Gasteiger partial charge in [0.25, 0.3) is 0 Å². The van der Waals surface area contributed by atoms with Gasteiger partial charge in [0.1, 0.15) is 5.75 Å². The second kappa shape index (κ2) is 6.26. The van der Waals surface area contributed by atoms with E-state index in [1.165, 1.54) is 0 Å². The molecule has 0 radical (unpaired) electrons. The molecule has 2 saturated heterocycles. The van der Waals surface area contributed by atoms with E-state index in [-0.39, 0.29) is 23.2 Å². The molecule has 0 aliphatic carbocycles. The number of nitrogens with zero attached hydrogens (tertiary/aromatic N) is 1. The van der Waals surface area contributed by atoms with Crippen molar-refractivity contribution in [3.05, 3.63) is 29.8 Å². The molecule has 2 aliphatic rings. The molecule has 0 saturated carbocycles. The number of rotatable bonds is 2. The molecule has 1 amide bonds. The van der Waals surface area contributed by atoms with Gasteiger partial charge in [-0.15, -0.1) is 0 Å². The molecule has 1 spiro atoms. The van der Waals surface area contributed by atoms with Crippen molar-refractivity contribution >= 4 is 5.91 Å². The van der Waals surface area contributed by atoms with Crippen LogP contribution in [0.25, 0.3) is 0 Å². The Morgan fingerprint density at radius 1 is 1.32 bits per heavy atom. The lowest BCUT2D eigenvalue weighted by atomic mass is 9.89. The highest BCUT2D eigenvalue weighted by molar-refractivity contribution is 5.83. The van der Waals surface area contributed by atoms with Crippen LogP contribution in [-0.4, -0.2) is 54.3 Å². The van der Waals surface area contributed by atoms with Gasteiger partial charge in [-0.25, -0.2) is 0 Å². The first-order valence-electron chi connectivity index (χ1n) is 8.02. The molecule has 5 nitrogen and oxygen atoms in total. The Morgan fingerprint density at radius 2 is 2.00 bits per heavy atom. The summed E-state index contributed by atoms with van der Waals surface area (Å²) >= 11 is 0. The van der Waals surface area contributed by atoms with E-state index in [4.69, 9.17) is 4.74 Å². The summed E-state index contributed by atoms with van der Waals surface area (Å²) in [6.45, 7) is 5.81. The molecule has 5 heteroatoms. The minimum absolute atomic E-state index is 0.145. The van der Waals surface area contributed by atoms with E-state index < -0.39 is 0 Å². The summed E-state index contributed by atoms with van der Waals surface area (Å²) in [5, 5.41) is 12.7. The number of ether oxygens (including phenoxy) is 1. The van der Waals surface area contributed by atoms with Crippen molar-refractivity contribution in [2.24, 2.45) is 0 Å². The smallest absolute Gasteiger partial charge is 0.230 e. The maximum Gasteiger partial charge on any atom is 0.230 e. The number of carbonyl (C=O) groups is 1. The van der Waals surface area contributed by atoms with Crippen LogP contribution in [0.4, 0.5) is 0 Å². The van der Waals surface area contributed by atoms with Gasteiger partial charge in [0, 0.05) is 13.1 Å². The molecule has 2 fully saturated rings. The second-order valence-corrected chi connectivity index (χ2v) is 6.35. The highest BCUT2D eigenvalue weighted by Gasteiger charge is 2.40. The Morgan fingerprint density at radius 3 is 2.68 bits per heavy atom. The van der Waals surface area contributed by atoms with Crippen LogP contribution in [0.2, 0.25) is 0 Å². The summed E-state index contributed by atoms with van der Waals surface area (Å²) in [6.07, 6.45) is 1.93. The highest BCUT2D eigenvalue weighted by atomic mass is 16.5. The molecular formula is C17H24N2O3. The number of hydrogen-bond donors (Lipinski definition) is 2. The first-order chi connectivity index (χ1) is 10.6. The van der Waals surface area contributed by atoms with Crippen molar-refractivity contribution in [3.8, 4) is 5.75 Å².